The summed E-state index contributed by atoms with van der Waals surface area (Å²) in [6, 6.07) is 0. The Kier molecular flexibility index (Phi) is 9.13. The van der Waals surface area contributed by atoms with Crippen molar-refractivity contribution in [2.24, 2.45) is 12.0 Å². The van der Waals surface area contributed by atoms with Crippen LogP contribution in [-0.4, -0.2) is 78.5 Å². The van der Waals surface area contributed by atoms with Gasteiger partial charge in [-0.25, -0.2) is 0 Å². The number of likely N-dealkylation sites (tertiary alicyclic amines) is 1. The summed E-state index contributed by atoms with van der Waals surface area (Å²) in [5.41, 5.74) is 1.13. The number of halogens is 1. The highest BCUT2D eigenvalue weighted by atomic mass is 127. The lowest BCUT2D eigenvalue weighted by Gasteiger charge is -2.35. The van der Waals surface area contributed by atoms with Gasteiger partial charge in [-0.1, -0.05) is 12.8 Å². The first-order valence-electron chi connectivity index (χ1n) is 9.54. The molecule has 3 heterocycles. The third-order valence-corrected chi connectivity index (χ3v) is 5.08. The summed E-state index contributed by atoms with van der Waals surface area (Å²) in [5, 5.41) is 7.80. The van der Waals surface area contributed by atoms with Crippen LogP contribution in [0.1, 0.15) is 37.4 Å². The Bertz CT molecular complexity index is 556. The van der Waals surface area contributed by atoms with E-state index in [-0.39, 0.29) is 30.1 Å². The van der Waals surface area contributed by atoms with Crippen molar-refractivity contribution < 1.29 is 4.74 Å². The van der Waals surface area contributed by atoms with Crippen molar-refractivity contribution in [2.45, 2.75) is 31.8 Å². The second-order valence-corrected chi connectivity index (χ2v) is 6.98. The molecule has 0 aliphatic carbocycles. The Morgan fingerprint density at radius 1 is 1.27 bits per heavy atom. The molecule has 2 aliphatic heterocycles. The van der Waals surface area contributed by atoms with E-state index in [4.69, 9.17) is 4.74 Å². The predicted octanol–water partition coefficient (Wildman–Crippen LogP) is 1.86. The number of nitrogens with one attached hydrogen (secondary N) is 1. The third kappa shape index (κ3) is 6.09. The summed E-state index contributed by atoms with van der Waals surface area (Å²) in [5.74, 6) is 0.979. The summed E-state index contributed by atoms with van der Waals surface area (Å²) in [6.45, 7) is 6.92. The maximum atomic E-state index is 5.93. The fourth-order valence-electron chi connectivity index (χ4n) is 3.67. The first-order valence-corrected chi connectivity index (χ1v) is 9.54. The molecule has 1 N–H and O–H groups in total. The average Bonchev–Trinajstić information content (AvgIpc) is 2.91. The fourth-order valence-corrected chi connectivity index (χ4v) is 3.67. The van der Waals surface area contributed by atoms with Gasteiger partial charge in [0.2, 0.25) is 0 Å². The van der Waals surface area contributed by atoms with E-state index in [1.165, 1.54) is 38.8 Å². The lowest BCUT2D eigenvalue weighted by atomic mass is 10.1. The Labute approximate surface area is 174 Å². The Hall–Kier alpha value is -0.870. The lowest BCUT2D eigenvalue weighted by Crippen LogP contribution is -2.49. The topological polar surface area (TPSA) is 57.9 Å². The summed E-state index contributed by atoms with van der Waals surface area (Å²) >= 11 is 0. The number of aromatic nitrogens is 2. The van der Waals surface area contributed by atoms with E-state index < -0.39 is 0 Å². The van der Waals surface area contributed by atoms with Crippen LogP contribution in [0.25, 0.3) is 0 Å². The molecule has 7 nitrogen and oxygen atoms in total. The molecular formula is C18H33IN6O. The van der Waals surface area contributed by atoms with Crippen LogP contribution in [-0.2, 0) is 11.8 Å². The smallest absolute Gasteiger partial charge is 0.193 e. The highest BCUT2D eigenvalue weighted by Gasteiger charge is 2.25. The van der Waals surface area contributed by atoms with Gasteiger partial charge in [-0.05, 0) is 25.9 Å². The molecule has 0 saturated carbocycles. The van der Waals surface area contributed by atoms with E-state index in [0.29, 0.717) is 6.61 Å². The molecule has 0 aromatic carbocycles. The first kappa shape index (κ1) is 21.4. The Morgan fingerprint density at radius 2 is 2.04 bits per heavy atom. The van der Waals surface area contributed by atoms with Gasteiger partial charge in [-0.2, -0.15) is 5.10 Å². The number of nitrogens with zero attached hydrogens (tertiary/aromatic N) is 5. The lowest BCUT2D eigenvalue weighted by molar-refractivity contribution is -0.00804. The van der Waals surface area contributed by atoms with Crippen LogP contribution < -0.4 is 5.32 Å². The monoisotopic (exact) mass is 476 g/mol. The highest BCUT2D eigenvalue weighted by molar-refractivity contribution is 14.0. The number of aryl methyl sites for hydroxylation is 1. The molecular weight excluding hydrogens is 443 g/mol. The quantitative estimate of drug-likeness (QED) is 0.409. The van der Waals surface area contributed by atoms with Gasteiger partial charge in [0.25, 0.3) is 0 Å². The third-order valence-electron chi connectivity index (χ3n) is 5.08. The minimum absolute atomic E-state index is 0. The van der Waals surface area contributed by atoms with Crippen LogP contribution in [0, 0.1) is 0 Å². The van der Waals surface area contributed by atoms with Gasteiger partial charge in [-0.15, -0.1) is 24.0 Å². The van der Waals surface area contributed by atoms with Crippen molar-refractivity contribution in [1.29, 1.82) is 0 Å². The van der Waals surface area contributed by atoms with Gasteiger partial charge in [0.05, 0.1) is 19.3 Å². The second-order valence-electron chi connectivity index (χ2n) is 6.98. The molecule has 1 aromatic rings. The van der Waals surface area contributed by atoms with Crippen molar-refractivity contribution >= 4 is 29.9 Å². The zero-order valence-corrected chi connectivity index (χ0v) is 18.4. The predicted molar refractivity (Wildman–Crippen MR) is 115 cm³/mol. The van der Waals surface area contributed by atoms with E-state index >= 15 is 0 Å². The second kappa shape index (κ2) is 11.1. The maximum absolute atomic E-state index is 5.93. The van der Waals surface area contributed by atoms with Gasteiger partial charge < -0.3 is 19.9 Å². The SMILES string of the molecule is CN=C(NCCN1CCCCCC1)N1CCOC(c2cnn(C)c2)C1.I. The van der Waals surface area contributed by atoms with E-state index in [1.54, 1.807) is 0 Å². The standard InChI is InChI=1S/C18H32N6O.HI/c1-19-18(20-7-10-23-8-5-3-4-6-9-23)24-11-12-25-17(15-24)16-13-21-22(2)14-16;/h13-14,17H,3-12,15H2,1-2H3,(H,19,20);1H. The molecule has 0 bridgehead atoms. The molecule has 8 heteroatoms. The summed E-state index contributed by atoms with van der Waals surface area (Å²) in [4.78, 5) is 9.35. The van der Waals surface area contributed by atoms with Crippen molar-refractivity contribution in [1.82, 2.24) is 24.9 Å². The van der Waals surface area contributed by atoms with Crippen molar-refractivity contribution in [3.8, 4) is 0 Å². The van der Waals surface area contributed by atoms with Crippen LogP contribution in [0.15, 0.2) is 17.4 Å². The van der Waals surface area contributed by atoms with Gasteiger partial charge in [0.15, 0.2) is 5.96 Å². The van der Waals surface area contributed by atoms with Gasteiger partial charge in [-0.3, -0.25) is 9.67 Å². The van der Waals surface area contributed by atoms with Crippen LogP contribution in [0.2, 0.25) is 0 Å². The number of hydrogen-bond acceptors (Lipinski definition) is 4. The number of aliphatic imine (C=N–C) groups is 1. The molecule has 2 saturated heterocycles. The molecule has 1 atom stereocenters. The van der Waals surface area contributed by atoms with E-state index in [2.05, 4.69) is 25.2 Å². The molecule has 1 aromatic heterocycles. The van der Waals surface area contributed by atoms with E-state index in [0.717, 1.165) is 37.7 Å². The van der Waals surface area contributed by atoms with E-state index in [1.807, 2.05) is 31.2 Å². The molecule has 0 radical (unpaired) electrons. The molecule has 2 fully saturated rings. The van der Waals surface area contributed by atoms with Gasteiger partial charge in [0, 0.05) is 45.5 Å². The molecule has 3 rings (SSSR count). The molecule has 1 unspecified atom stereocenters. The number of rotatable bonds is 4. The van der Waals surface area contributed by atoms with Gasteiger partial charge in [0.1, 0.15) is 6.10 Å². The molecule has 26 heavy (non-hydrogen) atoms. The van der Waals surface area contributed by atoms with E-state index in [9.17, 15) is 0 Å². The zero-order valence-electron chi connectivity index (χ0n) is 16.1. The average molecular weight is 476 g/mol. The normalized spacial score (nSPS) is 22.6. The summed E-state index contributed by atoms with van der Waals surface area (Å²) in [6.07, 6.45) is 9.43. The van der Waals surface area contributed by atoms with Crippen LogP contribution in [0.5, 0.6) is 0 Å². The maximum Gasteiger partial charge on any atom is 0.193 e. The van der Waals surface area contributed by atoms with Crippen LogP contribution in [0.4, 0.5) is 0 Å². The highest BCUT2D eigenvalue weighted by Crippen LogP contribution is 2.21. The number of morpholine rings is 1. The Morgan fingerprint density at radius 3 is 2.69 bits per heavy atom. The molecule has 148 valence electrons. The van der Waals surface area contributed by atoms with Crippen molar-refractivity contribution in [2.75, 3.05) is 52.9 Å². The van der Waals surface area contributed by atoms with Crippen molar-refractivity contribution in [3.63, 3.8) is 0 Å². The van der Waals surface area contributed by atoms with Crippen LogP contribution in [0.3, 0.4) is 0 Å². The Balaban J connectivity index is 0.00000243. The number of hydrogen-bond donors (Lipinski definition) is 1. The summed E-state index contributed by atoms with van der Waals surface area (Å²) < 4.78 is 7.76. The molecule has 0 spiro atoms. The minimum atomic E-state index is 0. The minimum Gasteiger partial charge on any atom is -0.370 e. The summed E-state index contributed by atoms with van der Waals surface area (Å²) in [7, 11) is 3.80. The fraction of sp³-hybridized carbons (Fsp3) is 0.778. The first-order chi connectivity index (χ1) is 12.3. The number of ether oxygens (including phenoxy) is 1. The zero-order chi connectivity index (χ0) is 17.5. The van der Waals surface area contributed by atoms with Crippen LogP contribution >= 0.6 is 24.0 Å². The molecule has 0 amide bonds. The number of guanidine groups is 1. The largest absolute Gasteiger partial charge is 0.370 e. The van der Waals surface area contributed by atoms with Crippen molar-refractivity contribution in [3.05, 3.63) is 18.0 Å². The van der Waals surface area contributed by atoms with Gasteiger partial charge >= 0.3 is 0 Å². The molecule has 2 aliphatic rings.